The third-order valence-electron chi connectivity index (χ3n) is 4.64. The van der Waals surface area contributed by atoms with Crippen molar-refractivity contribution in [2.45, 2.75) is 26.5 Å². The molecule has 6 nitrogen and oxygen atoms in total. The summed E-state index contributed by atoms with van der Waals surface area (Å²) in [6.45, 7) is 3.98. The zero-order valence-electron chi connectivity index (χ0n) is 17.3. The molecular weight excluding hydrogens is 406 g/mol. The van der Waals surface area contributed by atoms with Crippen molar-refractivity contribution in [3.05, 3.63) is 76.2 Å². The molecule has 0 spiro atoms. The number of hydrogen-bond donors (Lipinski definition) is 1. The average molecular weight is 430 g/mol. The minimum atomic E-state index is -0.332. The van der Waals surface area contributed by atoms with Gasteiger partial charge in [0.25, 0.3) is 5.91 Å². The first-order valence-corrected chi connectivity index (χ1v) is 9.79. The molecule has 7 heteroatoms. The van der Waals surface area contributed by atoms with Gasteiger partial charge in [-0.1, -0.05) is 11.6 Å². The maximum absolute atomic E-state index is 12.6. The third-order valence-corrected chi connectivity index (χ3v) is 4.88. The van der Waals surface area contributed by atoms with Crippen molar-refractivity contribution in [3.8, 4) is 17.2 Å². The number of rotatable bonds is 8. The molecule has 0 saturated carbocycles. The van der Waals surface area contributed by atoms with Crippen molar-refractivity contribution in [2.75, 3.05) is 14.2 Å². The number of carbonyl (C=O) groups is 1. The Morgan fingerprint density at radius 3 is 2.53 bits per heavy atom. The fourth-order valence-electron chi connectivity index (χ4n) is 3.02. The predicted molar refractivity (Wildman–Crippen MR) is 115 cm³/mol. The molecule has 0 saturated heterocycles. The first kappa shape index (κ1) is 21.6. The van der Waals surface area contributed by atoms with Gasteiger partial charge in [0.1, 0.15) is 29.6 Å². The van der Waals surface area contributed by atoms with E-state index in [1.165, 1.54) is 0 Å². The van der Waals surface area contributed by atoms with Crippen LogP contribution in [0.3, 0.4) is 0 Å². The van der Waals surface area contributed by atoms with Crippen molar-refractivity contribution < 1.29 is 23.4 Å². The Balaban J connectivity index is 1.65. The minimum Gasteiger partial charge on any atom is -0.497 e. The van der Waals surface area contributed by atoms with Gasteiger partial charge in [-0.3, -0.25) is 4.79 Å². The van der Waals surface area contributed by atoms with Crippen LogP contribution in [0.4, 0.5) is 0 Å². The predicted octanol–water partition coefficient (Wildman–Crippen LogP) is 5.33. The highest BCUT2D eigenvalue weighted by molar-refractivity contribution is 6.30. The van der Waals surface area contributed by atoms with E-state index in [1.807, 2.05) is 26.0 Å². The summed E-state index contributed by atoms with van der Waals surface area (Å²) in [7, 11) is 3.17. The zero-order valence-corrected chi connectivity index (χ0v) is 18.1. The van der Waals surface area contributed by atoms with E-state index >= 15 is 0 Å². The highest BCUT2D eigenvalue weighted by Crippen LogP contribution is 2.29. The van der Waals surface area contributed by atoms with E-state index in [1.54, 1.807) is 50.6 Å². The topological polar surface area (TPSA) is 69.9 Å². The summed E-state index contributed by atoms with van der Waals surface area (Å²) >= 11 is 5.96. The molecule has 0 fully saturated rings. The van der Waals surface area contributed by atoms with Crippen LogP contribution in [-0.2, 0) is 6.61 Å². The second-order valence-electron chi connectivity index (χ2n) is 6.77. The third kappa shape index (κ3) is 5.07. The molecule has 1 amide bonds. The van der Waals surface area contributed by atoms with Crippen LogP contribution >= 0.6 is 11.6 Å². The standard InChI is InChI=1S/C23H24ClNO5/c1-14-11-16(24)5-8-20(14)29-13-18-7-10-22(30-18)23(26)25-15(2)19-12-17(27-3)6-9-21(19)28-4/h5-12,15H,13H2,1-4H3,(H,25,26). The molecule has 0 bridgehead atoms. The molecule has 1 aromatic heterocycles. The summed E-state index contributed by atoms with van der Waals surface area (Å²) in [5.41, 5.74) is 1.73. The average Bonchev–Trinajstić information content (AvgIpc) is 3.21. The van der Waals surface area contributed by atoms with E-state index in [0.29, 0.717) is 28.0 Å². The molecule has 1 heterocycles. The molecular formula is C23H24ClNO5. The summed E-state index contributed by atoms with van der Waals surface area (Å²) in [5.74, 6) is 2.47. The van der Waals surface area contributed by atoms with Crippen LogP contribution in [0.1, 0.15) is 40.4 Å². The van der Waals surface area contributed by atoms with Gasteiger partial charge < -0.3 is 23.9 Å². The number of carbonyl (C=O) groups excluding carboxylic acids is 1. The van der Waals surface area contributed by atoms with Crippen LogP contribution in [0.5, 0.6) is 17.2 Å². The number of aryl methyl sites for hydroxylation is 1. The number of methoxy groups -OCH3 is 2. The molecule has 2 aromatic carbocycles. The first-order chi connectivity index (χ1) is 14.4. The number of benzene rings is 2. The lowest BCUT2D eigenvalue weighted by molar-refractivity contribution is 0.0907. The van der Waals surface area contributed by atoms with Crippen LogP contribution in [0.25, 0.3) is 0 Å². The second-order valence-corrected chi connectivity index (χ2v) is 7.20. The SMILES string of the molecule is COc1ccc(OC)c(C(C)NC(=O)c2ccc(COc3ccc(Cl)cc3C)o2)c1. The zero-order chi connectivity index (χ0) is 21.7. The maximum atomic E-state index is 12.6. The van der Waals surface area contributed by atoms with Crippen LogP contribution in [0.2, 0.25) is 5.02 Å². The van der Waals surface area contributed by atoms with E-state index in [4.69, 9.17) is 30.2 Å². The van der Waals surface area contributed by atoms with Crippen molar-refractivity contribution in [1.29, 1.82) is 0 Å². The van der Waals surface area contributed by atoms with E-state index < -0.39 is 0 Å². The molecule has 3 rings (SSSR count). The van der Waals surface area contributed by atoms with Gasteiger partial charge in [0.15, 0.2) is 5.76 Å². The smallest absolute Gasteiger partial charge is 0.287 e. The lowest BCUT2D eigenvalue weighted by atomic mass is 10.1. The lowest BCUT2D eigenvalue weighted by Crippen LogP contribution is -2.26. The number of halogens is 1. The Morgan fingerprint density at radius 1 is 1.07 bits per heavy atom. The Bertz CT molecular complexity index is 1030. The van der Waals surface area contributed by atoms with E-state index in [2.05, 4.69) is 5.32 Å². The number of nitrogens with one attached hydrogen (secondary N) is 1. The molecule has 3 aromatic rings. The molecule has 0 aliphatic carbocycles. The van der Waals surface area contributed by atoms with Crippen molar-refractivity contribution in [1.82, 2.24) is 5.32 Å². The van der Waals surface area contributed by atoms with Gasteiger partial charge in [0.05, 0.1) is 20.3 Å². The molecule has 1 atom stereocenters. The highest BCUT2D eigenvalue weighted by Gasteiger charge is 2.18. The summed E-state index contributed by atoms with van der Waals surface area (Å²) < 4.78 is 22.1. The summed E-state index contributed by atoms with van der Waals surface area (Å²) in [6, 6.07) is 13.9. The van der Waals surface area contributed by atoms with Gasteiger partial charge in [0.2, 0.25) is 0 Å². The number of amides is 1. The van der Waals surface area contributed by atoms with Gasteiger partial charge in [-0.25, -0.2) is 0 Å². The van der Waals surface area contributed by atoms with E-state index in [9.17, 15) is 4.79 Å². The first-order valence-electron chi connectivity index (χ1n) is 9.41. The molecule has 0 radical (unpaired) electrons. The normalized spacial score (nSPS) is 11.6. The Kier molecular flexibility index (Phi) is 6.90. The molecule has 158 valence electrons. The Hall–Kier alpha value is -3.12. The Labute approximate surface area is 180 Å². The van der Waals surface area contributed by atoms with Crippen LogP contribution in [0.15, 0.2) is 52.9 Å². The number of hydrogen-bond acceptors (Lipinski definition) is 5. The molecule has 0 aliphatic heterocycles. The second kappa shape index (κ2) is 9.59. The lowest BCUT2D eigenvalue weighted by Gasteiger charge is -2.17. The van der Waals surface area contributed by atoms with Crippen molar-refractivity contribution >= 4 is 17.5 Å². The number of ether oxygens (including phenoxy) is 3. The quantitative estimate of drug-likeness (QED) is 0.524. The van der Waals surface area contributed by atoms with Crippen molar-refractivity contribution in [3.63, 3.8) is 0 Å². The van der Waals surface area contributed by atoms with Crippen LogP contribution in [0, 0.1) is 6.92 Å². The fourth-order valence-corrected chi connectivity index (χ4v) is 3.25. The fraction of sp³-hybridized carbons (Fsp3) is 0.261. The van der Waals surface area contributed by atoms with Crippen LogP contribution < -0.4 is 19.5 Å². The van der Waals surface area contributed by atoms with Gasteiger partial charge in [-0.2, -0.15) is 0 Å². The van der Waals surface area contributed by atoms with E-state index in [-0.39, 0.29) is 24.3 Å². The van der Waals surface area contributed by atoms with E-state index in [0.717, 1.165) is 11.1 Å². The van der Waals surface area contributed by atoms with Crippen LogP contribution in [-0.4, -0.2) is 20.1 Å². The highest BCUT2D eigenvalue weighted by atomic mass is 35.5. The molecule has 1 N–H and O–H groups in total. The minimum absolute atomic E-state index is 0.203. The van der Waals surface area contributed by atoms with Gasteiger partial charge in [-0.05, 0) is 67.9 Å². The summed E-state index contributed by atoms with van der Waals surface area (Å²) in [4.78, 5) is 12.6. The Morgan fingerprint density at radius 2 is 1.83 bits per heavy atom. The van der Waals surface area contributed by atoms with Gasteiger partial charge in [-0.15, -0.1) is 0 Å². The molecule has 1 unspecified atom stereocenters. The summed E-state index contributed by atoms with van der Waals surface area (Å²) in [6.07, 6.45) is 0. The number of furan rings is 1. The summed E-state index contributed by atoms with van der Waals surface area (Å²) in [5, 5.41) is 3.57. The maximum Gasteiger partial charge on any atom is 0.287 e. The monoisotopic (exact) mass is 429 g/mol. The molecule has 30 heavy (non-hydrogen) atoms. The van der Waals surface area contributed by atoms with Gasteiger partial charge in [0, 0.05) is 10.6 Å². The largest absolute Gasteiger partial charge is 0.497 e. The van der Waals surface area contributed by atoms with Gasteiger partial charge >= 0.3 is 0 Å². The van der Waals surface area contributed by atoms with Crippen molar-refractivity contribution in [2.24, 2.45) is 0 Å². The molecule has 0 aliphatic rings.